The molecule has 88 valence electrons. The van der Waals surface area contributed by atoms with Gasteiger partial charge in [-0.15, -0.1) is 0 Å². The Labute approximate surface area is 93.8 Å². The highest BCUT2D eigenvalue weighted by Gasteiger charge is 2.21. The van der Waals surface area contributed by atoms with Gasteiger partial charge in [-0.3, -0.25) is 0 Å². The number of nitrogens with one attached hydrogen (secondary N) is 1. The van der Waals surface area contributed by atoms with Gasteiger partial charge >= 0.3 is 0 Å². The molecule has 1 aliphatic rings. The largest absolute Gasteiger partial charge is 0.323 e. The Hall–Kier alpha value is -1.00. The van der Waals surface area contributed by atoms with E-state index < -0.39 is 11.6 Å². The van der Waals surface area contributed by atoms with Crippen LogP contribution in [-0.4, -0.2) is 12.6 Å². The van der Waals surface area contributed by atoms with Crippen molar-refractivity contribution in [2.24, 2.45) is 5.73 Å². The summed E-state index contributed by atoms with van der Waals surface area (Å²) in [5.74, 6) is -1.66. The summed E-state index contributed by atoms with van der Waals surface area (Å²) in [5, 5.41) is 3.31. The number of hydrogen-bond donors (Lipinski definition) is 2. The lowest BCUT2D eigenvalue weighted by atomic mass is 9.93. The zero-order chi connectivity index (χ0) is 11.5. The van der Waals surface area contributed by atoms with Gasteiger partial charge in [-0.25, -0.2) is 8.78 Å². The van der Waals surface area contributed by atoms with Crippen molar-refractivity contribution in [1.82, 2.24) is 5.32 Å². The summed E-state index contributed by atoms with van der Waals surface area (Å²) in [6.07, 6.45) is 3.27. The Morgan fingerprint density at radius 2 is 2.06 bits per heavy atom. The van der Waals surface area contributed by atoms with Crippen LogP contribution in [0.25, 0.3) is 0 Å². The molecule has 1 saturated heterocycles. The Morgan fingerprint density at radius 1 is 1.25 bits per heavy atom. The van der Waals surface area contributed by atoms with Gasteiger partial charge in [-0.2, -0.15) is 0 Å². The lowest BCUT2D eigenvalue weighted by Crippen LogP contribution is -2.42. The lowest BCUT2D eigenvalue weighted by molar-refractivity contribution is 0.352. The molecule has 1 aromatic carbocycles. The van der Waals surface area contributed by atoms with Gasteiger partial charge in [-0.05, 0) is 37.1 Å². The van der Waals surface area contributed by atoms with E-state index in [9.17, 15) is 8.78 Å². The van der Waals surface area contributed by atoms with Gasteiger partial charge in [0.15, 0.2) is 11.6 Å². The van der Waals surface area contributed by atoms with E-state index >= 15 is 0 Å². The molecule has 0 spiro atoms. The fraction of sp³-hybridized carbons (Fsp3) is 0.500. The maximum absolute atomic E-state index is 13.1. The molecule has 2 atom stereocenters. The molecule has 0 aliphatic carbocycles. The highest BCUT2D eigenvalue weighted by molar-refractivity contribution is 5.22. The highest BCUT2D eigenvalue weighted by atomic mass is 19.2. The SMILES string of the molecule is NC(c1ccc(F)c(F)c1)C1CCCCN1. The maximum Gasteiger partial charge on any atom is 0.159 e. The second-order valence-electron chi connectivity index (χ2n) is 4.26. The minimum absolute atomic E-state index is 0.165. The van der Waals surface area contributed by atoms with Gasteiger partial charge < -0.3 is 11.1 Å². The summed E-state index contributed by atoms with van der Waals surface area (Å²) < 4.78 is 25.8. The van der Waals surface area contributed by atoms with Crippen molar-refractivity contribution >= 4 is 0 Å². The van der Waals surface area contributed by atoms with Crippen molar-refractivity contribution < 1.29 is 8.78 Å². The zero-order valence-electron chi connectivity index (χ0n) is 9.05. The van der Waals surface area contributed by atoms with Gasteiger partial charge in [0.05, 0.1) is 0 Å². The van der Waals surface area contributed by atoms with Crippen LogP contribution in [0.3, 0.4) is 0 Å². The first-order chi connectivity index (χ1) is 7.68. The first kappa shape index (κ1) is 11.5. The fourth-order valence-electron chi connectivity index (χ4n) is 2.14. The fourth-order valence-corrected chi connectivity index (χ4v) is 2.14. The number of benzene rings is 1. The van der Waals surface area contributed by atoms with E-state index in [1.165, 1.54) is 6.07 Å². The number of halogens is 2. The molecule has 2 rings (SSSR count). The first-order valence-electron chi connectivity index (χ1n) is 5.62. The van der Waals surface area contributed by atoms with Crippen molar-refractivity contribution in [2.45, 2.75) is 31.3 Å². The normalized spacial score (nSPS) is 23.1. The van der Waals surface area contributed by atoms with Crippen LogP contribution in [0.5, 0.6) is 0 Å². The van der Waals surface area contributed by atoms with E-state index in [2.05, 4.69) is 5.32 Å². The third-order valence-corrected chi connectivity index (χ3v) is 3.11. The average Bonchev–Trinajstić information content (AvgIpc) is 2.33. The molecule has 0 aromatic heterocycles. The molecule has 0 bridgehead atoms. The minimum Gasteiger partial charge on any atom is -0.323 e. The predicted octanol–water partition coefficient (Wildman–Crippen LogP) is 2.11. The summed E-state index contributed by atoms with van der Waals surface area (Å²) in [6, 6.07) is 3.78. The molecule has 1 aliphatic heterocycles. The van der Waals surface area contributed by atoms with Crippen molar-refractivity contribution in [3.05, 3.63) is 35.4 Å². The van der Waals surface area contributed by atoms with Crippen LogP contribution in [0.4, 0.5) is 8.78 Å². The van der Waals surface area contributed by atoms with Crippen molar-refractivity contribution in [1.29, 1.82) is 0 Å². The molecule has 0 amide bonds. The van der Waals surface area contributed by atoms with Crippen LogP contribution in [-0.2, 0) is 0 Å². The topological polar surface area (TPSA) is 38.0 Å². The first-order valence-corrected chi connectivity index (χ1v) is 5.62. The second kappa shape index (κ2) is 4.89. The lowest BCUT2D eigenvalue weighted by Gasteiger charge is -2.29. The highest BCUT2D eigenvalue weighted by Crippen LogP contribution is 2.22. The van der Waals surface area contributed by atoms with Crippen LogP contribution in [0.2, 0.25) is 0 Å². The Balaban J connectivity index is 2.12. The molecule has 3 N–H and O–H groups in total. The second-order valence-corrected chi connectivity index (χ2v) is 4.26. The van der Waals surface area contributed by atoms with Gasteiger partial charge in [0.2, 0.25) is 0 Å². The third kappa shape index (κ3) is 2.39. The van der Waals surface area contributed by atoms with E-state index in [4.69, 9.17) is 5.73 Å². The van der Waals surface area contributed by atoms with Gasteiger partial charge in [0, 0.05) is 12.1 Å². The van der Waals surface area contributed by atoms with Gasteiger partial charge in [-0.1, -0.05) is 12.5 Å². The van der Waals surface area contributed by atoms with Crippen LogP contribution in [0.15, 0.2) is 18.2 Å². The summed E-state index contributed by atoms with van der Waals surface area (Å²) in [6.45, 7) is 0.946. The van der Waals surface area contributed by atoms with Crippen molar-refractivity contribution in [3.63, 3.8) is 0 Å². The maximum atomic E-state index is 13.1. The molecule has 0 saturated carbocycles. The van der Waals surface area contributed by atoms with Crippen LogP contribution in [0, 0.1) is 11.6 Å². The van der Waals surface area contributed by atoms with Gasteiger partial charge in [0.25, 0.3) is 0 Å². The molecule has 2 unspecified atom stereocenters. The van der Waals surface area contributed by atoms with E-state index in [1.54, 1.807) is 6.07 Å². The van der Waals surface area contributed by atoms with Gasteiger partial charge in [0.1, 0.15) is 0 Å². The molecular formula is C12H16F2N2. The van der Waals surface area contributed by atoms with E-state index in [0.29, 0.717) is 5.56 Å². The molecule has 4 heteroatoms. The number of hydrogen-bond acceptors (Lipinski definition) is 2. The average molecular weight is 226 g/mol. The van der Waals surface area contributed by atoms with E-state index in [-0.39, 0.29) is 12.1 Å². The molecule has 0 radical (unpaired) electrons. The summed E-state index contributed by atoms with van der Waals surface area (Å²) in [5.41, 5.74) is 6.69. The van der Waals surface area contributed by atoms with Crippen LogP contribution >= 0.6 is 0 Å². The Morgan fingerprint density at radius 3 is 2.69 bits per heavy atom. The minimum atomic E-state index is -0.830. The zero-order valence-corrected chi connectivity index (χ0v) is 9.05. The third-order valence-electron chi connectivity index (χ3n) is 3.11. The Kier molecular flexibility index (Phi) is 3.51. The standard InChI is InChI=1S/C12H16F2N2/c13-9-5-4-8(7-10(9)14)12(15)11-3-1-2-6-16-11/h4-5,7,11-12,16H,1-3,6,15H2. The Bertz CT molecular complexity index is 362. The molecule has 1 aromatic rings. The number of rotatable bonds is 2. The van der Waals surface area contributed by atoms with Crippen LogP contribution in [0.1, 0.15) is 30.9 Å². The number of nitrogens with two attached hydrogens (primary N) is 1. The van der Waals surface area contributed by atoms with E-state index in [0.717, 1.165) is 31.9 Å². The molecule has 1 heterocycles. The quantitative estimate of drug-likeness (QED) is 0.810. The molecule has 16 heavy (non-hydrogen) atoms. The molecular weight excluding hydrogens is 210 g/mol. The summed E-state index contributed by atoms with van der Waals surface area (Å²) in [4.78, 5) is 0. The van der Waals surface area contributed by atoms with Crippen molar-refractivity contribution in [3.8, 4) is 0 Å². The van der Waals surface area contributed by atoms with Crippen molar-refractivity contribution in [2.75, 3.05) is 6.54 Å². The monoisotopic (exact) mass is 226 g/mol. The smallest absolute Gasteiger partial charge is 0.159 e. The number of piperidine rings is 1. The van der Waals surface area contributed by atoms with E-state index in [1.807, 2.05) is 0 Å². The predicted molar refractivity (Wildman–Crippen MR) is 58.9 cm³/mol. The molecule has 2 nitrogen and oxygen atoms in total. The molecule has 1 fully saturated rings. The summed E-state index contributed by atoms with van der Waals surface area (Å²) >= 11 is 0. The van der Waals surface area contributed by atoms with Crippen LogP contribution < -0.4 is 11.1 Å². The summed E-state index contributed by atoms with van der Waals surface area (Å²) in [7, 11) is 0.